The number of anilines is 2. The zero-order chi connectivity index (χ0) is 45.8. The third-order valence-electron chi connectivity index (χ3n) is 8.70. The molecule has 332 valence electrons. The Balaban J connectivity index is 0.000000330. The van der Waals surface area contributed by atoms with Crippen LogP contribution in [0.3, 0.4) is 0 Å². The van der Waals surface area contributed by atoms with Crippen molar-refractivity contribution in [1.29, 1.82) is 0 Å². The van der Waals surface area contributed by atoms with Crippen molar-refractivity contribution in [2.24, 2.45) is 17.4 Å². The fraction of sp³-hybridized carbons (Fsp3) is 0.364. The van der Waals surface area contributed by atoms with Gasteiger partial charge in [-0.05, 0) is 73.7 Å². The summed E-state index contributed by atoms with van der Waals surface area (Å²) >= 11 is 0. The van der Waals surface area contributed by atoms with Crippen LogP contribution < -0.4 is 41.0 Å². The van der Waals surface area contributed by atoms with E-state index in [1.54, 1.807) is 0 Å². The molecule has 0 fully saturated rings. The van der Waals surface area contributed by atoms with Crippen molar-refractivity contribution in [3.05, 3.63) is 115 Å². The molecule has 0 aliphatic heterocycles. The Morgan fingerprint density at radius 3 is 1.23 bits per heavy atom. The molecule has 0 radical (unpaired) electrons. The highest BCUT2D eigenvalue weighted by molar-refractivity contribution is 6.07. The van der Waals surface area contributed by atoms with Crippen LogP contribution in [0.4, 0.5) is 22.7 Å². The molecule has 4 rings (SSSR count). The number of primary amides is 2. The average molecular weight is 859 g/mol. The van der Waals surface area contributed by atoms with Gasteiger partial charge in [0.05, 0.1) is 47.6 Å². The summed E-state index contributed by atoms with van der Waals surface area (Å²) < 4.78 is 22.5. The molecular weight excluding hydrogens is 805 g/mol. The molecule has 18 nitrogen and oxygen atoms in total. The van der Waals surface area contributed by atoms with E-state index in [9.17, 15) is 39.4 Å². The van der Waals surface area contributed by atoms with Crippen LogP contribution in [0.25, 0.3) is 0 Å². The van der Waals surface area contributed by atoms with E-state index in [1.165, 1.54) is 72.8 Å². The molecule has 4 aromatic rings. The second-order valence-electron chi connectivity index (χ2n) is 14.2. The zero-order valence-corrected chi connectivity index (χ0v) is 35.5. The lowest BCUT2D eigenvalue weighted by Gasteiger charge is -2.15. The van der Waals surface area contributed by atoms with Gasteiger partial charge in [-0.3, -0.25) is 39.4 Å². The van der Waals surface area contributed by atoms with Gasteiger partial charge in [0.25, 0.3) is 11.8 Å². The number of nitrogens with two attached hydrogens (primary N) is 2. The van der Waals surface area contributed by atoms with Crippen LogP contribution in [0, 0.1) is 26.1 Å². The van der Waals surface area contributed by atoms with Gasteiger partial charge in [0, 0.05) is 46.5 Å². The number of nitrogens with one attached hydrogen (secondary N) is 2. The second-order valence-corrected chi connectivity index (χ2v) is 14.2. The first-order valence-corrected chi connectivity index (χ1v) is 20.2. The molecule has 0 aromatic heterocycles. The highest BCUT2D eigenvalue weighted by Gasteiger charge is 2.21. The molecule has 0 spiro atoms. The summed E-state index contributed by atoms with van der Waals surface area (Å²) in [5.41, 5.74) is 11.8. The highest BCUT2D eigenvalue weighted by atomic mass is 16.6. The van der Waals surface area contributed by atoms with E-state index in [0.717, 1.165) is 38.5 Å². The van der Waals surface area contributed by atoms with Gasteiger partial charge in [-0.15, -0.1) is 0 Å². The van der Waals surface area contributed by atoms with E-state index in [1.807, 2.05) is 34.6 Å². The van der Waals surface area contributed by atoms with Crippen LogP contribution >= 0.6 is 0 Å². The van der Waals surface area contributed by atoms with E-state index < -0.39 is 33.5 Å². The minimum Gasteiger partial charge on any atom is -0.491 e. The summed E-state index contributed by atoms with van der Waals surface area (Å²) in [6.45, 7) is 11.3. The minimum absolute atomic E-state index is 0.0338. The van der Waals surface area contributed by atoms with Crippen LogP contribution in [0.1, 0.15) is 115 Å². The number of amides is 4. The standard InChI is InChI=1S/2C22H27N3O6/c1-4-5-10-30-20-12-16(7-9-18(20)25(28)29)22(27)24-17-8-6-15(21(23)26)11-19(17)31-13-14(2)3;1-3-5-11-30-19-13-15(21(23)26)7-9-17(19)24-22(27)16-8-10-18(25(28)29)20(14-16)31-12-6-4-2/h6-9,11-12,14H,4-5,10,13H2,1-3H3,(H2,23,26)(H,24,27);7-10,13-14H,3-6,11-12H2,1-2H3,(H2,23,26)(H,24,27). The first kappa shape index (κ1) is 49.1. The van der Waals surface area contributed by atoms with Crippen LogP contribution in [-0.2, 0) is 0 Å². The number of nitrogens with zero attached hydrogens (tertiary/aromatic N) is 2. The number of benzene rings is 4. The maximum atomic E-state index is 12.8. The summed E-state index contributed by atoms with van der Waals surface area (Å²) in [6.07, 6.45) is 4.93. The summed E-state index contributed by atoms with van der Waals surface area (Å²) in [5.74, 6) is -1.31. The lowest BCUT2D eigenvalue weighted by Crippen LogP contribution is -2.16. The number of carbonyl (C=O) groups is 4. The third kappa shape index (κ3) is 15.1. The topological polar surface area (TPSA) is 268 Å². The second kappa shape index (κ2) is 24.7. The van der Waals surface area contributed by atoms with Gasteiger partial charge in [-0.1, -0.05) is 53.9 Å². The normalized spacial score (nSPS) is 10.5. The van der Waals surface area contributed by atoms with Crippen LogP contribution in [0.5, 0.6) is 23.0 Å². The third-order valence-corrected chi connectivity index (χ3v) is 8.70. The fourth-order valence-corrected chi connectivity index (χ4v) is 5.26. The van der Waals surface area contributed by atoms with Crippen LogP contribution in [0.2, 0.25) is 0 Å². The predicted molar refractivity (Wildman–Crippen MR) is 234 cm³/mol. The van der Waals surface area contributed by atoms with Gasteiger partial charge in [-0.25, -0.2) is 0 Å². The van der Waals surface area contributed by atoms with Gasteiger partial charge in [0.15, 0.2) is 11.5 Å². The molecule has 4 aromatic carbocycles. The Morgan fingerprint density at radius 1 is 0.548 bits per heavy atom. The molecule has 0 saturated carbocycles. The number of hydrogen-bond acceptors (Lipinski definition) is 12. The van der Waals surface area contributed by atoms with Crippen molar-refractivity contribution >= 4 is 46.4 Å². The van der Waals surface area contributed by atoms with Crippen molar-refractivity contribution in [2.75, 3.05) is 37.1 Å². The smallest absolute Gasteiger partial charge is 0.310 e. The zero-order valence-electron chi connectivity index (χ0n) is 35.5. The van der Waals surface area contributed by atoms with Gasteiger partial charge >= 0.3 is 11.4 Å². The Morgan fingerprint density at radius 2 is 0.887 bits per heavy atom. The average Bonchev–Trinajstić information content (AvgIpc) is 3.23. The molecule has 6 N–H and O–H groups in total. The van der Waals surface area contributed by atoms with Crippen molar-refractivity contribution in [1.82, 2.24) is 0 Å². The Hall–Kier alpha value is -7.24. The molecule has 4 amide bonds. The number of nitro benzene ring substituents is 2. The summed E-state index contributed by atoms with van der Waals surface area (Å²) in [6, 6.07) is 16.8. The first-order valence-electron chi connectivity index (χ1n) is 20.2. The summed E-state index contributed by atoms with van der Waals surface area (Å²) in [4.78, 5) is 70.0. The van der Waals surface area contributed by atoms with Crippen molar-refractivity contribution in [2.45, 2.75) is 73.1 Å². The predicted octanol–water partition coefficient (Wildman–Crippen LogP) is 8.46. The van der Waals surface area contributed by atoms with Crippen molar-refractivity contribution in [3.63, 3.8) is 0 Å². The summed E-state index contributed by atoms with van der Waals surface area (Å²) in [5, 5.41) is 27.9. The molecular formula is C44H54N6O12. The maximum absolute atomic E-state index is 12.8. The molecule has 0 saturated heterocycles. The van der Waals surface area contributed by atoms with Gasteiger partial charge in [0.1, 0.15) is 11.5 Å². The van der Waals surface area contributed by atoms with Gasteiger partial charge < -0.3 is 41.0 Å². The SMILES string of the molecule is CCCCOc1cc(C(=O)Nc2ccc(C(N)=O)cc2OCC(C)C)ccc1[N+](=O)[O-].CCCCOc1cc(C(N)=O)ccc1NC(=O)c1ccc([N+](=O)[O-])c(OCCCC)c1. The molecule has 18 heteroatoms. The number of carbonyl (C=O) groups excluding carboxylic acids is 4. The quantitative estimate of drug-likeness (QED) is 0.0311. The molecule has 0 aliphatic carbocycles. The number of hydrogen-bond donors (Lipinski definition) is 4. The fourth-order valence-electron chi connectivity index (χ4n) is 5.26. The monoisotopic (exact) mass is 858 g/mol. The number of unbranched alkanes of at least 4 members (excludes halogenated alkanes) is 3. The van der Waals surface area contributed by atoms with Crippen molar-refractivity contribution in [3.8, 4) is 23.0 Å². The van der Waals surface area contributed by atoms with Gasteiger partial charge in [0.2, 0.25) is 11.8 Å². The number of nitro groups is 2. The Kier molecular flexibility index (Phi) is 19.6. The number of ether oxygens (including phenoxy) is 4. The van der Waals surface area contributed by atoms with E-state index >= 15 is 0 Å². The van der Waals surface area contributed by atoms with E-state index in [-0.39, 0.29) is 51.0 Å². The van der Waals surface area contributed by atoms with E-state index in [2.05, 4.69) is 10.6 Å². The van der Waals surface area contributed by atoms with E-state index in [0.29, 0.717) is 49.3 Å². The Bertz CT molecular complexity index is 2210. The first-order chi connectivity index (χ1) is 29.6. The molecule has 62 heavy (non-hydrogen) atoms. The molecule has 0 aliphatic rings. The maximum Gasteiger partial charge on any atom is 0.310 e. The Labute approximate surface area is 359 Å². The minimum atomic E-state index is -0.614. The lowest BCUT2D eigenvalue weighted by atomic mass is 10.1. The summed E-state index contributed by atoms with van der Waals surface area (Å²) in [7, 11) is 0. The van der Waals surface area contributed by atoms with Crippen molar-refractivity contribution < 1.29 is 48.0 Å². The van der Waals surface area contributed by atoms with Crippen LogP contribution in [-0.4, -0.2) is 59.9 Å². The highest BCUT2D eigenvalue weighted by Crippen LogP contribution is 2.32. The molecule has 0 heterocycles. The van der Waals surface area contributed by atoms with E-state index in [4.69, 9.17) is 30.4 Å². The largest absolute Gasteiger partial charge is 0.491 e. The van der Waals surface area contributed by atoms with Crippen LogP contribution in [0.15, 0.2) is 72.8 Å². The number of rotatable bonds is 23. The van der Waals surface area contributed by atoms with Gasteiger partial charge in [-0.2, -0.15) is 0 Å². The molecule has 0 bridgehead atoms. The lowest BCUT2D eigenvalue weighted by molar-refractivity contribution is -0.386. The molecule has 0 unspecified atom stereocenters. The molecule has 0 atom stereocenters.